The van der Waals surface area contributed by atoms with Crippen LogP contribution in [0.4, 0.5) is 5.88 Å². The highest BCUT2D eigenvalue weighted by molar-refractivity contribution is 6.05. The second-order valence-corrected chi connectivity index (χ2v) is 7.41. The van der Waals surface area contributed by atoms with E-state index in [2.05, 4.69) is 40.9 Å². The maximum atomic E-state index is 5.78. The average Bonchev–Trinajstić information content (AvgIpc) is 3.36. The van der Waals surface area contributed by atoms with Crippen molar-refractivity contribution in [2.45, 2.75) is 13.8 Å². The van der Waals surface area contributed by atoms with E-state index in [-0.39, 0.29) is 0 Å². The van der Waals surface area contributed by atoms with Gasteiger partial charge in [-0.2, -0.15) is 0 Å². The lowest BCUT2D eigenvalue weighted by atomic mass is 10.1. The van der Waals surface area contributed by atoms with Crippen molar-refractivity contribution < 1.29 is 14.0 Å². The molecule has 0 radical (unpaired) electrons. The molecule has 0 amide bonds. The number of aliphatic imine (C=N–C) groups is 2. The zero-order valence-electron chi connectivity index (χ0n) is 20.9. The highest BCUT2D eigenvalue weighted by Crippen LogP contribution is 2.26. The van der Waals surface area contributed by atoms with Crippen molar-refractivity contribution in [3.63, 3.8) is 0 Å². The maximum absolute atomic E-state index is 5.78. The minimum atomic E-state index is 0.516. The van der Waals surface area contributed by atoms with Gasteiger partial charge >= 0.3 is 0 Å². The van der Waals surface area contributed by atoms with Gasteiger partial charge in [-0.25, -0.2) is 0 Å². The third kappa shape index (κ3) is 8.74. The quantitative estimate of drug-likeness (QED) is 0.229. The van der Waals surface area contributed by atoms with Crippen LogP contribution < -0.4 is 15.0 Å². The number of benzene rings is 1. The minimum absolute atomic E-state index is 0.516. The Morgan fingerprint density at radius 3 is 2.59 bits per heavy atom. The molecule has 1 heterocycles. The van der Waals surface area contributed by atoms with Gasteiger partial charge in [-0.15, -0.1) is 0 Å². The number of nitrogens with one attached hydrogen (secondary N) is 1. The molecule has 9 heteroatoms. The number of anilines is 1. The molecule has 0 fully saturated rings. The Balaban J connectivity index is 2.28. The number of amidine groups is 1. The summed E-state index contributed by atoms with van der Waals surface area (Å²) in [6.45, 7) is 13.8. The summed E-state index contributed by atoms with van der Waals surface area (Å²) >= 11 is 0. The third-order valence-corrected chi connectivity index (χ3v) is 5.30. The second-order valence-electron chi connectivity index (χ2n) is 7.41. The molecule has 2 aromatic rings. The van der Waals surface area contributed by atoms with Crippen molar-refractivity contribution in [1.82, 2.24) is 15.4 Å². The Labute approximate surface area is 203 Å². The molecule has 1 aromatic heterocycles. The van der Waals surface area contributed by atoms with Gasteiger partial charge in [0.15, 0.2) is 0 Å². The first-order valence-corrected chi connectivity index (χ1v) is 11.7. The first-order valence-electron chi connectivity index (χ1n) is 11.7. The maximum Gasteiger partial charge on any atom is 0.233 e. The molecule has 0 spiro atoms. The number of hydrogen-bond donors (Lipinski definition) is 1. The summed E-state index contributed by atoms with van der Waals surface area (Å²) in [6.07, 6.45) is 3.46. The summed E-state index contributed by atoms with van der Waals surface area (Å²) in [5.41, 5.74) is 1.69. The molecule has 1 aromatic carbocycles. The van der Waals surface area contributed by atoms with E-state index >= 15 is 0 Å². The van der Waals surface area contributed by atoms with Gasteiger partial charge in [0.1, 0.15) is 17.3 Å². The van der Waals surface area contributed by atoms with Crippen LogP contribution in [-0.2, 0) is 4.74 Å². The number of likely N-dealkylation sites (N-methyl/N-ethyl adjacent to an activating group) is 2. The van der Waals surface area contributed by atoms with Crippen molar-refractivity contribution >= 4 is 18.4 Å². The van der Waals surface area contributed by atoms with Crippen molar-refractivity contribution in [2.75, 3.05) is 71.5 Å². The van der Waals surface area contributed by atoms with E-state index in [9.17, 15) is 0 Å². The molecular formula is C25H38N6O3. The second kappa shape index (κ2) is 15.8. The van der Waals surface area contributed by atoms with Crippen molar-refractivity contribution in [3.8, 4) is 17.0 Å². The Morgan fingerprint density at radius 1 is 1.18 bits per heavy atom. The molecule has 186 valence electrons. The number of aromatic nitrogens is 1. The van der Waals surface area contributed by atoms with Gasteiger partial charge in [0.2, 0.25) is 5.88 Å². The van der Waals surface area contributed by atoms with E-state index < -0.39 is 0 Å². The van der Waals surface area contributed by atoms with Crippen LogP contribution in [0.1, 0.15) is 13.8 Å². The van der Waals surface area contributed by atoms with Gasteiger partial charge in [0.05, 0.1) is 26.9 Å². The predicted molar refractivity (Wildman–Crippen MR) is 139 cm³/mol. The molecule has 9 nitrogen and oxygen atoms in total. The smallest absolute Gasteiger partial charge is 0.233 e. The molecule has 0 bridgehead atoms. The summed E-state index contributed by atoms with van der Waals surface area (Å²) in [5.74, 6) is 2.12. The monoisotopic (exact) mass is 470 g/mol. The molecule has 0 saturated heterocycles. The number of methoxy groups -OCH3 is 1. The summed E-state index contributed by atoms with van der Waals surface area (Å²) in [7, 11) is 3.55. The fourth-order valence-corrected chi connectivity index (χ4v) is 3.26. The third-order valence-electron chi connectivity index (χ3n) is 5.30. The van der Waals surface area contributed by atoms with Crippen LogP contribution >= 0.6 is 0 Å². The zero-order chi connectivity index (χ0) is 24.6. The van der Waals surface area contributed by atoms with E-state index in [1.54, 1.807) is 13.3 Å². The van der Waals surface area contributed by atoms with E-state index in [4.69, 9.17) is 19.0 Å². The molecule has 0 aliphatic rings. The van der Waals surface area contributed by atoms with Gasteiger partial charge in [-0.1, -0.05) is 19.0 Å². The van der Waals surface area contributed by atoms with Crippen LogP contribution in [0.15, 0.2) is 57.1 Å². The fourth-order valence-electron chi connectivity index (χ4n) is 3.26. The highest BCUT2D eigenvalue weighted by Gasteiger charge is 2.19. The SMILES string of the molecule is C=N/C=C\C(=NCCOCCNC)N(CCN(CC)CC)c1cc(-c2ccc(OC)cc2)no1. The van der Waals surface area contributed by atoms with Gasteiger partial charge in [-0.3, -0.25) is 14.9 Å². The molecule has 0 saturated carbocycles. The Hall–Kier alpha value is -3.01. The number of ether oxygens (including phenoxy) is 2. The summed E-state index contributed by atoms with van der Waals surface area (Å²) in [6, 6.07) is 9.65. The first-order chi connectivity index (χ1) is 16.7. The van der Waals surface area contributed by atoms with Crippen LogP contribution in [0, 0.1) is 0 Å². The summed E-state index contributed by atoms with van der Waals surface area (Å²) in [4.78, 5) is 13.0. The zero-order valence-corrected chi connectivity index (χ0v) is 20.9. The van der Waals surface area contributed by atoms with Crippen molar-refractivity contribution in [1.29, 1.82) is 0 Å². The van der Waals surface area contributed by atoms with Crippen LogP contribution in [-0.4, -0.2) is 89.2 Å². The Kier molecular flexibility index (Phi) is 12.6. The van der Waals surface area contributed by atoms with E-state index in [1.165, 1.54) is 0 Å². The van der Waals surface area contributed by atoms with E-state index in [1.807, 2.05) is 48.4 Å². The number of nitrogens with zero attached hydrogens (tertiary/aromatic N) is 5. The van der Waals surface area contributed by atoms with Crippen LogP contribution in [0.5, 0.6) is 5.75 Å². The molecule has 0 unspecified atom stereocenters. The van der Waals surface area contributed by atoms with Crippen molar-refractivity contribution in [3.05, 3.63) is 42.6 Å². The first kappa shape index (κ1) is 27.2. The summed E-state index contributed by atoms with van der Waals surface area (Å²) in [5, 5.41) is 7.37. The lowest BCUT2D eigenvalue weighted by Crippen LogP contribution is -2.38. The molecule has 1 N–H and O–H groups in total. The lowest BCUT2D eigenvalue weighted by Gasteiger charge is -2.25. The highest BCUT2D eigenvalue weighted by atomic mass is 16.5. The molecule has 0 atom stereocenters. The van der Waals surface area contributed by atoms with Crippen LogP contribution in [0.25, 0.3) is 11.3 Å². The number of rotatable bonds is 16. The normalized spacial score (nSPS) is 12.0. The fraction of sp³-hybridized carbons (Fsp3) is 0.480. The lowest BCUT2D eigenvalue weighted by molar-refractivity contribution is 0.145. The van der Waals surface area contributed by atoms with Gasteiger partial charge in [-0.05, 0) is 57.2 Å². The van der Waals surface area contributed by atoms with Crippen LogP contribution in [0.3, 0.4) is 0 Å². The number of hydrogen-bond acceptors (Lipinski definition) is 8. The molecular weight excluding hydrogens is 432 g/mol. The standard InChI is InChI=1S/C25H38N6O3/c1-6-30(7-2)16-17-31(24(12-13-26-3)28-15-19-33-18-14-27-4)25-20-23(29-34-25)21-8-10-22(32-5)11-9-21/h8-13,20,27H,3,6-7,14-19H2,1-2,4-5H3/b13-12-,28-24?. The molecule has 2 rings (SSSR count). The van der Waals surface area contributed by atoms with Crippen LogP contribution in [0.2, 0.25) is 0 Å². The van der Waals surface area contributed by atoms with Gasteiger partial charge < -0.3 is 24.2 Å². The summed E-state index contributed by atoms with van der Waals surface area (Å²) < 4.78 is 16.7. The Morgan fingerprint density at radius 2 is 1.94 bits per heavy atom. The molecule has 0 aliphatic carbocycles. The minimum Gasteiger partial charge on any atom is -0.497 e. The molecule has 34 heavy (non-hydrogen) atoms. The Bertz CT molecular complexity index is 890. The predicted octanol–water partition coefficient (Wildman–Crippen LogP) is 3.35. The van der Waals surface area contributed by atoms with Gasteiger partial charge in [0, 0.05) is 37.5 Å². The largest absolute Gasteiger partial charge is 0.497 e. The average molecular weight is 471 g/mol. The molecule has 0 aliphatic heterocycles. The van der Waals surface area contributed by atoms with Crippen molar-refractivity contribution in [2.24, 2.45) is 9.98 Å². The topological polar surface area (TPSA) is 87.7 Å². The van der Waals surface area contributed by atoms with Gasteiger partial charge in [0.25, 0.3) is 0 Å². The van der Waals surface area contributed by atoms with E-state index in [0.29, 0.717) is 38.0 Å². The van der Waals surface area contributed by atoms with E-state index in [0.717, 1.165) is 43.2 Å².